The molecule has 2 heterocycles. The lowest BCUT2D eigenvalue weighted by Crippen LogP contribution is -2.38. The Morgan fingerprint density at radius 3 is 2.79 bits per heavy atom. The molecule has 28 heavy (non-hydrogen) atoms. The molecule has 1 fully saturated rings. The number of ether oxygens (including phenoxy) is 2. The van der Waals surface area contributed by atoms with Crippen molar-refractivity contribution in [2.75, 3.05) is 32.1 Å². The number of aromatic nitrogens is 2. The number of methoxy groups -OCH3 is 1. The summed E-state index contributed by atoms with van der Waals surface area (Å²) in [6, 6.07) is 7.08. The summed E-state index contributed by atoms with van der Waals surface area (Å²) < 4.78 is 10.2. The molecule has 1 saturated heterocycles. The van der Waals surface area contributed by atoms with E-state index in [2.05, 4.69) is 20.4 Å². The van der Waals surface area contributed by atoms with E-state index in [0.29, 0.717) is 30.4 Å². The van der Waals surface area contributed by atoms with Crippen LogP contribution in [0.4, 0.5) is 5.69 Å². The number of rotatable bonds is 7. The predicted octanol–water partition coefficient (Wildman–Crippen LogP) is 2.57. The van der Waals surface area contributed by atoms with Gasteiger partial charge in [-0.05, 0) is 50.6 Å². The summed E-state index contributed by atoms with van der Waals surface area (Å²) in [5.41, 5.74) is 0.663. The lowest BCUT2D eigenvalue weighted by atomic mass is 9.98. The highest BCUT2D eigenvalue weighted by Gasteiger charge is 2.27. The van der Waals surface area contributed by atoms with Crippen LogP contribution in [0.2, 0.25) is 0 Å². The fraction of sp³-hybridized carbons (Fsp3) is 0.474. The van der Waals surface area contributed by atoms with Crippen molar-refractivity contribution in [3.8, 4) is 5.75 Å². The van der Waals surface area contributed by atoms with Crippen LogP contribution < -0.4 is 10.1 Å². The smallest absolute Gasteiger partial charge is 0.310 e. The molecule has 1 atom stereocenters. The van der Waals surface area contributed by atoms with Crippen molar-refractivity contribution in [1.29, 1.82) is 0 Å². The Bertz CT molecular complexity index is 809. The highest BCUT2D eigenvalue weighted by molar-refractivity contribution is 7.13. The van der Waals surface area contributed by atoms with Gasteiger partial charge in [0, 0.05) is 12.2 Å². The van der Waals surface area contributed by atoms with Gasteiger partial charge in [-0.15, -0.1) is 10.2 Å². The van der Waals surface area contributed by atoms with Gasteiger partial charge in [0.25, 0.3) is 5.91 Å². The van der Waals surface area contributed by atoms with Gasteiger partial charge in [0.15, 0.2) is 0 Å². The summed E-state index contributed by atoms with van der Waals surface area (Å²) in [5.74, 6) is 0.194. The Morgan fingerprint density at radius 1 is 1.29 bits per heavy atom. The summed E-state index contributed by atoms with van der Waals surface area (Å²) in [4.78, 5) is 26.5. The fourth-order valence-electron chi connectivity index (χ4n) is 3.11. The van der Waals surface area contributed by atoms with Crippen LogP contribution in [-0.4, -0.2) is 53.8 Å². The average molecular weight is 404 g/mol. The number of benzene rings is 1. The minimum atomic E-state index is -0.294. The number of piperidine rings is 1. The number of carbonyl (C=O) groups is 2. The molecule has 8 nitrogen and oxygen atoms in total. The minimum absolute atomic E-state index is 0.0977. The van der Waals surface area contributed by atoms with Crippen molar-refractivity contribution < 1.29 is 19.1 Å². The largest absolute Gasteiger partial charge is 0.497 e. The molecule has 0 bridgehead atoms. The third-order valence-corrected chi connectivity index (χ3v) is 5.40. The number of carbonyl (C=O) groups excluding carboxylic acids is 2. The second-order valence-corrected chi connectivity index (χ2v) is 7.57. The molecule has 0 radical (unpaired) electrons. The van der Waals surface area contributed by atoms with Crippen molar-refractivity contribution >= 4 is 28.9 Å². The number of hydrogen-bond acceptors (Lipinski definition) is 8. The maximum absolute atomic E-state index is 12.4. The molecule has 1 aromatic carbocycles. The van der Waals surface area contributed by atoms with Crippen LogP contribution in [0.3, 0.4) is 0 Å². The lowest BCUT2D eigenvalue weighted by molar-refractivity contribution is -0.150. The second kappa shape index (κ2) is 9.61. The van der Waals surface area contributed by atoms with E-state index in [-0.39, 0.29) is 17.8 Å². The van der Waals surface area contributed by atoms with Crippen LogP contribution in [-0.2, 0) is 16.1 Å². The molecule has 150 valence electrons. The molecule has 9 heteroatoms. The number of nitrogens with one attached hydrogen (secondary N) is 1. The predicted molar refractivity (Wildman–Crippen MR) is 105 cm³/mol. The van der Waals surface area contributed by atoms with E-state index in [0.717, 1.165) is 30.1 Å². The molecule has 1 aromatic heterocycles. The Morgan fingerprint density at radius 2 is 2.07 bits per heavy atom. The molecule has 0 unspecified atom stereocenters. The molecule has 1 N–H and O–H groups in total. The molecule has 0 aliphatic carbocycles. The normalized spacial score (nSPS) is 17.1. The first-order valence-corrected chi connectivity index (χ1v) is 10.1. The van der Waals surface area contributed by atoms with Crippen molar-refractivity contribution in [3.05, 3.63) is 34.3 Å². The summed E-state index contributed by atoms with van der Waals surface area (Å²) in [6.07, 6.45) is 1.79. The Balaban J connectivity index is 1.55. The van der Waals surface area contributed by atoms with Gasteiger partial charge in [-0.2, -0.15) is 0 Å². The van der Waals surface area contributed by atoms with Crippen LogP contribution in [0, 0.1) is 5.92 Å². The van der Waals surface area contributed by atoms with Gasteiger partial charge in [0.1, 0.15) is 10.8 Å². The van der Waals surface area contributed by atoms with Crippen LogP contribution in [0.1, 0.15) is 34.6 Å². The molecule has 1 aliphatic rings. The summed E-state index contributed by atoms with van der Waals surface area (Å²) >= 11 is 1.26. The number of amides is 1. The average Bonchev–Trinajstić information content (AvgIpc) is 3.17. The second-order valence-electron chi connectivity index (χ2n) is 6.51. The van der Waals surface area contributed by atoms with Crippen LogP contribution in [0.15, 0.2) is 24.3 Å². The van der Waals surface area contributed by atoms with E-state index < -0.39 is 0 Å². The molecule has 1 aliphatic heterocycles. The van der Waals surface area contributed by atoms with Gasteiger partial charge in [-0.3, -0.25) is 14.5 Å². The van der Waals surface area contributed by atoms with E-state index in [9.17, 15) is 9.59 Å². The fourth-order valence-corrected chi connectivity index (χ4v) is 3.89. The molecule has 2 aromatic rings. The van der Waals surface area contributed by atoms with Gasteiger partial charge in [-0.25, -0.2) is 0 Å². The van der Waals surface area contributed by atoms with E-state index >= 15 is 0 Å². The van der Waals surface area contributed by atoms with Gasteiger partial charge < -0.3 is 14.8 Å². The molecule has 1 amide bonds. The Kier molecular flexibility index (Phi) is 6.94. The number of anilines is 1. The van der Waals surface area contributed by atoms with Gasteiger partial charge in [0.05, 0.1) is 26.2 Å². The minimum Gasteiger partial charge on any atom is -0.497 e. The first-order valence-electron chi connectivity index (χ1n) is 9.25. The first kappa shape index (κ1) is 20.2. The van der Waals surface area contributed by atoms with Crippen LogP contribution >= 0.6 is 11.3 Å². The quantitative estimate of drug-likeness (QED) is 0.709. The third kappa shape index (κ3) is 5.26. The van der Waals surface area contributed by atoms with E-state index in [1.54, 1.807) is 31.4 Å². The number of hydrogen-bond donors (Lipinski definition) is 1. The van der Waals surface area contributed by atoms with Crippen molar-refractivity contribution in [2.45, 2.75) is 26.3 Å². The first-order chi connectivity index (χ1) is 13.6. The van der Waals surface area contributed by atoms with Gasteiger partial charge in [-0.1, -0.05) is 11.3 Å². The summed E-state index contributed by atoms with van der Waals surface area (Å²) in [6.45, 7) is 4.33. The number of nitrogens with zero attached hydrogens (tertiary/aromatic N) is 3. The van der Waals surface area contributed by atoms with E-state index in [4.69, 9.17) is 9.47 Å². The molecule has 3 rings (SSSR count). The number of likely N-dealkylation sites (tertiary alicyclic amines) is 1. The summed E-state index contributed by atoms with van der Waals surface area (Å²) in [5, 5.41) is 12.0. The van der Waals surface area contributed by atoms with Gasteiger partial charge in [0.2, 0.25) is 5.01 Å². The van der Waals surface area contributed by atoms with Crippen molar-refractivity contribution in [3.63, 3.8) is 0 Å². The topological polar surface area (TPSA) is 93.7 Å². The highest BCUT2D eigenvalue weighted by atomic mass is 32.1. The monoisotopic (exact) mass is 404 g/mol. The van der Waals surface area contributed by atoms with Crippen LogP contribution in [0.5, 0.6) is 5.75 Å². The van der Waals surface area contributed by atoms with Crippen molar-refractivity contribution in [2.24, 2.45) is 5.92 Å². The summed E-state index contributed by atoms with van der Waals surface area (Å²) in [7, 11) is 1.59. The van der Waals surface area contributed by atoms with E-state index in [1.165, 1.54) is 11.3 Å². The van der Waals surface area contributed by atoms with Crippen LogP contribution in [0.25, 0.3) is 0 Å². The Labute approximate surface area is 167 Å². The maximum Gasteiger partial charge on any atom is 0.310 e. The number of esters is 1. The van der Waals surface area contributed by atoms with Crippen molar-refractivity contribution in [1.82, 2.24) is 15.1 Å². The van der Waals surface area contributed by atoms with E-state index in [1.807, 2.05) is 6.92 Å². The maximum atomic E-state index is 12.4. The highest BCUT2D eigenvalue weighted by Crippen LogP contribution is 2.22. The standard InChI is InChI=1S/C19H24N4O4S/c1-3-27-19(25)13-5-4-10-23(11-13)12-16-21-22-18(28-16)17(24)20-14-6-8-15(26-2)9-7-14/h6-9,13H,3-5,10-12H2,1-2H3,(H,20,24)/t13-/m0/s1. The SMILES string of the molecule is CCOC(=O)[C@H]1CCCN(Cc2nnc(C(=O)Nc3ccc(OC)cc3)s2)C1. The molecule has 0 spiro atoms. The molecular formula is C19H24N4O4S. The third-order valence-electron chi connectivity index (χ3n) is 4.49. The lowest BCUT2D eigenvalue weighted by Gasteiger charge is -2.30. The molecule has 0 saturated carbocycles. The Hall–Kier alpha value is -2.52. The zero-order chi connectivity index (χ0) is 19.9. The molecular weight excluding hydrogens is 380 g/mol. The zero-order valence-corrected chi connectivity index (χ0v) is 16.8. The van der Waals surface area contributed by atoms with Gasteiger partial charge >= 0.3 is 5.97 Å². The zero-order valence-electron chi connectivity index (χ0n) is 16.0.